The molecule has 1 spiro atoms. The molecule has 2 amide bonds. The Balaban J connectivity index is 1.22. The van der Waals surface area contributed by atoms with Crippen LogP contribution in [0.4, 0.5) is 15.8 Å². The zero-order chi connectivity index (χ0) is 26.7. The van der Waals surface area contributed by atoms with E-state index in [0.29, 0.717) is 16.9 Å². The lowest BCUT2D eigenvalue weighted by molar-refractivity contribution is -0.126. The second-order valence-electron chi connectivity index (χ2n) is 10.1. The number of hydrogen-bond acceptors (Lipinski definition) is 7. The number of carbonyl (C=O) groups is 2. The molecule has 1 unspecified atom stereocenters. The Labute approximate surface area is 221 Å². The molecule has 3 heterocycles. The molecule has 2 aromatic carbocycles. The molecule has 1 atom stereocenters. The van der Waals surface area contributed by atoms with Gasteiger partial charge < -0.3 is 30.3 Å². The molecular weight excluding hydrogens is 489 g/mol. The van der Waals surface area contributed by atoms with Crippen molar-refractivity contribution in [2.45, 2.75) is 25.4 Å². The quantitative estimate of drug-likeness (QED) is 0.447. The van der Waals surface area contributed by atoms with E-state index in [4.69, 9.17) is 15.2 Å². The van der Waals surface area contributed by atoms with E-state index in [0.717, 1.165) is 56.6 Å². The number of amides is 2. The fraction of sp³-hybridized carbons (Fsp3) is 0.393. The third-order valence-electron chi connectivity index (χ3n) is 7.44. The van der Waals surface area contributed by atoms with Crippen molar-refractivity contribution < 1.29 is 23.5 Å². The van der Waals surface area contributed by atoms with E-state index in [2.05, 4.69) is 15.2 Å². The summed E-state index contributed by atoms with van der Waals surface area (Å²) in [5.41, 5.74) is 7.89. The Hall–Kier alpha value is -3.92. The van der Waals surface area contributed by atoms with Crippen molar-refractivity contribution in [3.8, 4) is 5.75 Å². The largest absolute Gasteiger partial charge is 0.489 e. The van der Waals surface area contributed by atoms with Crippen LogP contribution >= 0.6 is 0 Å². The molecule has 0 aliphatic carbocycles. The third kappa shape index (κ3) is 5.35. The van der Waals surface area contributed by atoms with Crippen LogP contribution in [0.3, 0.4) is 0 Å². The number of nitrogens with one attached hydrogen (secondary N) is 1. The van der Waals surface area contributed by atoms with E-state index in [1.165, 1.54) is 4.90 Å². The summed E-state index contributed by atoms with van der Waals surface area (Å²) < 4.78 is 25.8. The van der Waals surface area contributed by atoms with Crippen LogP contribution in [0.2, 0.25) is 0 Å². The Morgan fingerprint density at radius 2 is 1.95 bits per heavy atom. The Morgan fingerprint density at radius 3 is 2.68 bits per heavy atom. The second-order valence-corrected chi connectivity index (χ2v) is 10.1. The van der Waals surface area contributed by atoms with Gasteiger partial charge in [-0.1, -0.05) is 30.3 Å². The fourth-order valence-electron chi connectivity index (χ4n) is 5.08. The maximum atomic E-state index is 14.5. The van der Waals surface area contributed by atoms with Crippen molar-refractivity contribution >= 4 is 29.4 Å². The van der Waals surface area contributed by atoms with Gasteiger partial charge >= 0.3 is 0 Å². The van der Waals surface area contributed by atoms with Gasteiger partial charge in [-0.25, -0.2) is 4.39 Å². The summed E-state index contributed by atoms with van der Waals surface area (Å²) in [6.07, 6.45) is 3.04. The van der Waals surface area contributed by atoms with Crippen LogP contribution in [0.5, 0.6) is 5.75 Å². The molecule has 0 saturated carbocycles. The zero-order valence-corrected chi connectivity index (χ0v) is 21.4. The standard InChI is InChI=1S/C28H32FN5O4/c1-33-23-13-20(34-17-28(18-34)9-11-37-12-10-28)7-8-24(23)38-16-22(27(33)36)32-26(35)25(30)21(29)15-31-14-19-5-3-2-4-6-19/h2-8,13,15,22H,9-12,14,16-18,30H2,1H3,(H,32,35)/b25-21+,31-15?. The van der Waals surface area contributed by atoms with Gasteiger partial charge in [-0.05, 0) is 36.6 Å². The normalized spacial score (nSPS) is 21.3. The van der Waals surface area contributed by atoms with E-state index in [1.54, 1.807) is 7.05 Å². The highest BCUT2D eigenvalue weighted by Gasteiger charge is 2.44. The molecule has 10 heteroatoms. The molecule has 3 aliphatic rings. The molecule has 3 aliphatic heterocycles. The molecule has 200 valence electrons. The lowest BCUT2D eigenvalue weighted by atomic mass is 9.73. The minimum atomic E-state index is -1.04. The monoisotopic (exact) mass is 521 g/mol. The number of hydrogen-bond donors (Lipinski definition) is 2. The number of ether oxygens (including phenoxy) is 2. The van der Waals surface area contributed by atoms with Gasteiger partial charge in [-0.15, -0.1) is 0 Å². The number of halogens is 1. The molecule has 3 N–H and O–H groups in total. The predicted octanol–water partition coefficient (Wildman–Crippen LogP) is 2.55. The fourth-order valence-corrected chi connectivity index (χ4v) is 5.08. The number of rotatable bonds is 6. The lowest BCUT2D eigenvalue weighted by Crippen LogP contribution is -2.58. The molecule has 9 nitrogen and oxygen atoms in total. The summed E-state index contributed by atoms with van der Waals surface area (Å²) in [7, 11) is 1.63. The number of anilines is 2. The maximum absolute atomic E-state index is 14.5. The first-order chi connectivity index (χ1) is 18.3. The van der Waals surface area contributed by atoms with Gasteiger partial charge in [0.15, 0.2) is 5.83 Å². The minimum absolute atomic E-state index is 0.106. The first-order valence-corrected chi connectivity index (χ1v) is 12.7. The number of allylic oxidation sites excluding steroid dienone is 1. The molecule has 0 aromatic heterocycles. The molecule has 38 heavy (non-hydrogen) atoms. The highest BCUT2D eigenvalue weighted by Crippen LogP contribution is 2.44. The van der Waals surface area contributed by atoms with Crippen LogP contribution in [0.1, 0.15) is 18.4 Å². The summed E-state index contributed by atoms with van der Waals surface area (Å²) in [5, 5.41) is 2.50. The first-order valence-electron chi connectivity index (χ1n) is 12.7. The molecule has 5 rings (SSSR count). The Morgan fingerprint density at radius 1 is 1.21 bits per heavy atom. The van der Waals surface area contributed by atoms with Crippen LogP contribution in [0.15, 0.2) is 65.0 Å². The van der Waals surface area contributed by atoms with E-state index >= 15 is 0 Å². The van der Waals surface area contributed by atoms with Gasteiger partial charge in [0, 0.05) is 44.5 Å². The van der Waals surface area contributed by atoms with E-state index in [1.807, 2.05) is 48.5 Å². The van der Waals surface area contributed by atoms with Gasteiger partial charge in [0.05, 0.1) is 18.4 Å². The van der Waals surface area contributed by atoms with Crippen molar-refractivity contribution in [1.29, 1.82) is 0 Å². The van der Waals surface area contributed by atoms with Crippen LogP contribution in [0, 0.1) is 5.41 Å². The highest BCUT2D eigenvalue weighted by atomic mass is 19.1. The summed E-state index contributed by atoms with van der Waals surface area (Å²) >= 11 is 0. The predicted molar refractivity (Wildman–Crippen MR) is 143 cm³/mol. The molecule has 0 radical (unpaired) electrons. The summed E-state index contributed by atoms with van der Waals surface area (Å²) in [6.45, 7) is 3.66. The van der Waals surface area contributed by atoms with Crippen LogP contribution in [-0.4, -0.2) is 64.0 Å². The van der Waals surface area contributed by atoms with E-state index in [9.17, 15) is 14.0 Å². The number of nitrogens with two attached hydrogens (primary N) is 1. The van der Waals surface area contributed by atoms with Gasteiger partial charge in [-0.3, -0.25) is 14.6 Å². The Kier molecular flexibility index (Phi) is 7.33. The zero-order valence-electron chi connectivity index (χ0n) is 21.4. The number of aliphatic imine (C=N–C) groups is 1. The van der Waals surface area contributed by atoms with E-state index < -0.39 is 23.5 Å². The van der Waals surface area contributed by atoms with E-state index in [-0.39, 0.29) is 19.1 Å². The molecular formula is C28H32FN5O4. The Bertz CT molecular complexity index is 1250. The second kappa shape index (κ2) is 10.8. The number of nitrogens with zero attached hydrogens (tertiary/aromatic N) is 3. The average molecular weight is 522 g/mol. The molecule has 2 aromatic rings. The maximum Gasteiger partial charge on any atom is 0.271 e. The SMILES string of the molecule is CN1C(=O)C(NC(=O)/C(N)=C(\F)C=NCc2ccccc2)COc2ccc(N3CC4(CCOCC4)C3)cc21. The number of fused-ring (bicyclic) bond motifs is 1. The average Bonchev–Trinajstić information content (AvgIpc) is 3.04. The van der Waals surface area contributed by atoms with Crippen molar-refractivity contribution in [3.63, 3.8) is 0 Å². The first kappa shape index (κ1) is 25.7. The van der Waals surface area contributed by atoms with Crippen molar-refractivity contribution in [3.05, 3.63) is 65.6 Å². The topological polar surface area (TPSA) is 109 Å². The third-order valence-corrected chi connectivity index (χ3v) is 7.44. The molecule has 2 fully saturated rings. The molecule has 0 bridgehead atoms. The van der Waals surface area contributed by atoms with Crippen LogP contribution < -0.4 is 25.6 Å². The van der Waals surface area contributed by atoms with Crippen LogP contribution in [-0.2, 0) is 20.9 Å². The smallest absolute Gasteiger partial charge is 0.271 e. The van der Waals surface area contributed by atoms with Gasteiger partial charge in [0.1, 0.15) is 24.1 Å². The van der Waals surface area contributed by atoms with Gasteiger partial charge in [0.25, 0.3) is 11.8 Å². The highest BCUT2D eigenvalue weighted by molar-refractivity contribution is 6.04. The summed E-state index contributed by atoms with van der Waals surface area (Å²) in [5.74, 6) is -1.73. The van der Waals surface area contributed by atoms with Crippen LogP contribution in [0.25, 0.3) is 0 Å². The summed E-state index contributed by atoms with van der Waals surface area (Å²) in [4.78, 5) is 33.6. The number of carbonyl (C=O) groups excluding carboxylic acids is 2. The van der Waals surface area contributed by atoms with Crippen molar-refractivity contribution in [2.75, 3.05) is 49.8 Å². The summed E-state index contributed by atoms with van der Waals surface area (Å²) in [6, 6.07) is 14.0. The number of likely N-dealkylation sites (N-methyl/N-ethyl adjacent to an activating group) is 1. The van der Waals surface area contributed by atoms with Crippen molar-refractivity contribution in [2.24, 2.45) is 16.1 Å². The number of benzene rings is 2. The van der Waals surface area contributed by atoms with Gasteiger partial charge in [0.2, 0.25) is 0 Å². The van der Waals surface area contributed by atoms with Crippen molar-refractivity contribution in [1.82, 2.24) is 5.32 Å². The minimum Gasteiger partial charge on any atom is -0.489 e. The van der Waals surface area contributed by atoms with Gasteiger partial charge in [-0.2, -0.15) is 0 Å². The molecule has 2 saturated heterocycles. The lowest BCUT2D eigenvalue weighted by Gasteiger charge is -2.53.